The summed E-state index contributed by atoms with van der Waals surface area (Å²) in [5.74, 6) is -0.0699. The molecule has 1 N–H and O–H groups in total. The van der Waals surface area contributed by atoms with Crippen molar-refractivity contribution >= 4 is 44.2 Å². The Kier molecular flexibility index (Phi) is 3.35. The van der Waals surface area contributed by atoms with Gasteiger partial charge in [-0.15, -0.1) is 0 Å². The first kappa shape index (κ1) is 12.3. The van der Waals surface area contributed by atoms with Crippen LogP contribution in [0, 0.1) is 12.8 Å². The topological polar surface area (TPSA) is 42.0 Å². The summed E-state index contributed by atoms with van der Waals surface area (Å²) in [6.45, 7) is 5.66. The highest BCUT2D eigenvalue weighted by Gasteiger charge is 2.12. The number of hydrogen-bond acceptors (Lipinski definition) is 3. The molecule has 90 valence electrons. The van der Waals surface area contributed by atoms with Gasteiger partial charge in [-0.3, -0.25) is 4.79 Å². The van der Waals surface area contributed by atoms with Crippen LogP contribution in [0.5, 0.6) is 0 Å². The number of hydrogen-bond donors (Lipinski definition) is 1. The number of benzene rings is 1. The van der Waals surface area contributed by atoms with Crippen LogP contribution in [0.1, 0.15) is 19.4 Å². The molecule has 3 nitrogen and oxygen atoms in total. The number of halogens is 1. The smallest absolute Gasteiger partial charge is 0.228 e. The number of carbonyl (C=O) groups is 1. The number of amides is 1. The third-order valence-electron chi connectivity index (χ3n) is 2.40. The molecule has 0 bridgehead atoms. The second kappa shape index (κ2) is 4.63. The van der Waals surface area contributed by atoms with Crippen LogP contribution in [0.4, 0.5) is 5.13 Å². The number of nitrogens with zero attached hydrogens (tertiary/aromatic N) is 1. The van der Waals surface area contributed by atoms with Gasteiger partial charge >= 0.3 is 0 Å². The lowest BCUT2D eigenvalue weighted by Crippen LogP contribution is -2.17. The van der Waals surface area contributed by atoms with Crippen LogP contribution >= 0.6 is 22.9 Å². The summed E-state index contributed by atoms with van der Waals surface area (Å²) in [6.07, 6.45) is 0. The predicted molar refractivity (Wildman–Crippen MR) is 72.8 cm³/mol. The van der Waals surface area contributed by atoms with Crippen molar-refractivity contribution in [2.75, 3.05) is 5.32 Å². The van der Waals surface area contributed by atoms with Crippen LogP contribution in [0.15, 0.2) is 12.1 Å². The van der Waals surface area contributed by atoms with E-state index in [4.69, 9.17) is 11.6 Å². The second-order valence-electron chi connectivity index (χ2n) is 4.23. The van der Waals surface area contributed by atoms with Gasteiger partial charge in [-0.05, 0) is 24.6 Å². The summed E-state index contributed by atoms with van der Waals surface area (Å²) < 4.78 is 0.994. The first-order chi connectivity index (χ1) is 7.97. The molecule has 1 aromatic heterocycles. The number of carbonyl (C=O) groups excluding carboxylic acids is 1. The molecule has 17 heavy (non-hydrogen) atoms. The maximum absolute atomic E-state index is 11.6. The van der Waals surface area contributed by atoms with Gasteiger partial charge in [0.2, 0.25) is 5.91 Å². The van der Waals surface area contributed by atoms with Gasteiger partial charge in [-0.2, -0.15) is 0 Å². The van der Waals surface area contributed by atoms with Gasteiger partial charge in [0.15, 0.2) is 5.13 Å². The Morgan fingerprint density at radius 1 is 1.47 bits per heavy atom. The summed E-state index contributed by atoms with van der Waals surface area (Å²) in [6, 6.07) is 3.74. The Hall–Kier alpha value is -1.13. The highest BCUT2D eigenvalue weighted by molar-refractivity contribution is 7.22. The normalized spacial score (nSPS) is 11.1. The zero-order valence-electron chi connectivity index (χ0n) is 9.87. The van der Waals surface area contributed by atoms with E-state index >= 15 is 0 Å². The maximum atomic E-state index is 11.6. The van der Waals surface area contributed by atoms with Gasteiger partial charge in [0.25, 0.3) is 0 Å². The number of anilines is 1. The number of rotatable bonds is 2. The number of aryl methyl sites for hydroxylation is 1. The highest BCUT2D eigenvalue weighted by Crippen LogP contribution is 2.31. The molecular weight excluding hydrogens is 256 g/mol. The number of aromatic nitrogens is 1. The van der Waals surface area contributed by atoms with Crippen molar-refractivity contribution in [3.63, 3.8) is 0 Å². The van der Waals surface area contributed by atoms with Crippen molar-refractivity contribution < 1.29 is 4.79 Å². The van der Waals surface area contributed by atoms with E-state index in [9.17, 15) is 4.79 Å². The van der Waals surface area contributed by atoms with Crippen molar-refractivity contribution in [3.8, 4) is 0 Å². The summed E-state index contributed by atoms with van der Waals surface area (Å²) in [5, 5.41) is 4.13. The lowest BCUT2D eigenvalue weighted by molar-refractivity contribution is -0.118. The zero-order valence-corrected chi connectivity index (χ0v) is 11.4. The molecule has 1 aromatic carbocycles. The minimum Gasteiger partial charge on any atom is -0.302 e. The molecule has 2 rings (SSSR count). The van der Waals surface area contributed by atoms with Crippen molar-refractivity contribution in [1.29, 1.82) is 0 Å². The van der Waals surface area contributed by atoms with Crippen LogP contribution in [0.2, 0.25) is 5.02 Å². The SMILES string of the molecule is Cc1cc(Cl)cc2sc(NC(=O)C(C)C)nc12. The fourth-order valence-corrected chi connectivity index (χ4v) is 2.78. The van der Waals surface area contributed by atoms with Gasteiger partial charge in [-0.1, -0.05) is 36.8 Å². The van der Waals surface area contributed by atoms with Gasteiger partial charge in [0.05, 0.1) is 10.2 Å². The van der Waals surface area contributed by atoms with Crippen LogP contribution in [-0.2, 0) is 4.79 Å². The summed E-state index contributed by atoms with van der Waals surface area (Å²) in [4.78, 5) is 16.0. The molecule has 1 amide bonds. The highest BCUT2D eigenvalue weighted by atomic mass is 35.5. The molecular formula is C12H13ClN2OS. The maximum Gasteiger partial charge on any atom is 0.228 e. The molecule has 0 atom stereocenters. The number of fused-ring (bicyclic) bond motifs is 1. The quantitative estimate of drug-likeness (QED) is 0.899. The van der Waals surface area contributed by atoms with E-state index in [-0.39, 0.29) is 11.8 Å². The van der Waals surface area contributed by atoms with Gasteiger partial charge in [0.1, 0.15) is 0 Å². The van der Waals surface area contributed by atoms with Gasteiger partial charge in [0, 0.05) is 10.9 Å². The molecule has 1 heterocycles. The van der Waals surface area contributed by atoms with Crippen LogP contribution in [-0.4, -0.2) is 10.9 Å². The number of thiazole rings is 1. The average molecular weight is 269 g/mol. The lowest BCUT2D eigenvalue weighted by Gasteiger charge is -2.02. The Morgan fingerprint density at radius 2 is 2.18 bits per heavy atom. The average Bonchev–Trinajstić information content (AvgIpc) is 2.60. The van der Waals surface area contributed by atoms with Crippen molar-refractivity contribution in [2.24, 2.45) is 5.92 Å². The molecule has 0 fully saturated rings. The first-order valence-electron chi connectivity index (χ1n) is 5.35. The van der Waals surface area contributed by atoms with E-state index in [0.29, 0.717) is 10.2 Å². The van der Waals surface area contributed by atoms with Crippen molar-refractivity contribution in [3.05, 3.63) is 22.7 Å². The largest absolute Gasteiger partial charge is 0.302 e. The van der Waals surface area contributed by atoms with Crippen LogP contribution in [0.25, 0.3) is 10.2 Å². The van der Waals surface area contributed by atoms with E-state index in [0.717, 1.165) is 15.8 Å². The van der Waals surface area contributed by atoms with E-state index in [1.54, 1.807) is 0 Å². The molecule has 0 saturated heterocycles. The van der Waals surface area contributed by atoms with Crippen LogP contribution < -0.4 is 5.32 Å². The molecule has 0 unspecified atom stereocenters. The van der Waals surface area contributed by atoms with E-state index in [1.165, 1.54) is 11.3 Å². The Morgan fingerprint density at radius 3 is 2.82 bits per heavy atom. The fraction of sp³-hybridized carbons (Fsp3) is 0.333. The lowest BCUT2D eigenvalue weighted by atomic mass is 10.2. The second-order valence-corrected chi connectivity index (χ2v) is 5.70. The molecule has 5 heteroatoms. The Balaban J connectivity index is 2.38. The molecule has 2 aromatic rings. The van der Waals surface area contributed by atoms with Crippen molar-refractivity contribution in [1.82, 2.24) is 4.98 Å². The standard InChI is InChI=1S/C12H13ClN2OS/c1-6(2)11(16)15-12-14-10-7(3)4-8(13)5-9(10)17-12/h4-6H,1-3H3,(H,14,15,16). The van der Waals surface area contributed by atoms with Crippen LogP contribution in [0.3, 0.4) is 0 Å². The zero-order chi connectivity index (χ0) is 12.6. The van der Waals surface area contributed by atoms with Crippen molar-refractivity contribution in [2.45, 2.75) is 20.8 Å². The fourth-order valence-electron chi connectivity index (χ4n) is 1.46. The van der Waals surface area contributed by atoms with E-state index in [2.05, 4.69) is 10.3 Å². The van der Waals surface area contributed by atoms with Gasteiger partial charge in [-0.25, -0.2) is 4.98 Å². The summed E-state index contributed by atoms with van der Waals surface area (Å²) >= 11 is 7.42. The minimum absolute atomic E-state index is 0.0205. The third kappa shape index (κ3) is 2.58. The summed E-state index contributed by atoms with van der Waals surface area (Å²) in [5.41, 5.74) is 1.92. The van der Waals surface area contributed by atoms with Gasteiger partial charge < -0.3 is 5.32 Å². The summed E-state index contributed by atoms with van der Waals surface area (Å²) in [7, 11) is 0. The molecule has 0 saturated carbocycles. The third-order valence-corrected chi connectivity index (χ3v) is 3.54. The monoisotopic (exact) mass is 268 g/mol. The Bertz CT molecular complexity index is 577. The number of nitrogens with one attached hydrogen (secondary N) is 1. The molecule has 0 radical (unpaired) electrons. The minimum atomic E-state index is -0.0494. The molecule has 0 aliphatic rings. The van der Waals surface area contributed by atoms with E-state index < -0.39 is 0 Å². The molecule has 0 spiro atoms. The predicted octanol–water partition coefficient (Wildman–Crippen LogP) is 3.85. The molecule has 0 aliphatic carbocycles. The van der Waals surface area contributed by atoms with E-state index in [1.807, 2.05) is 32.9 Å². The first-order valence-corrected chi connectivity index (χ1v) is 6.54. The Labute approximate surface area is 109 Å². The molecule has 0 aliphatic heterocycles.